The summed E-state index contributed by atoms with van der Waals surface area (Å²) in [5, 5.41) is 8.51. The molecule has 1 N–H and O–H groups in total. The number of hydrogen-bond donors (Lipinski definition) is 1. The maximum atomic E-state index is 14.0. The maximum absolute atomic E-state index is 14.0. The van der Waals surface area contributed by atoms with E-state index < -0.39 is 0 Å². The van der Waals surface area contributed by atoms with Crippen molar-refractivity contribution in [3.63, 3.8) is 0 Å². The average molecular weight is 327 g/mol. The summed E-state index contributed by atoms with van der Waals surface area (Å²) in [7, 11) is 5.98. The number of nitrogens with zero attached hydrogens (tertiary/aromatic N) is 4. The minimum absolute atomic E-state index is 0.163. The maximum Gasteiger partial charge on any atom is 0.149 e. The molecule has 1 atom stereocenters. The average Bonchev–Trinajstić information content (AvgIpc) is 2.94. The van der Waals surface area contributed by atoms with Crippen LogP contribution in [0, 0.1) is 12.7 Å². The second kappa shape index (κ2) is 6.57. The van der Waals surface area contributed by atoms with Gasteiger partial charge in [-0.3, -0.25) is 4.68 Å². The van der Waals surface area contributed by atoms with Gasteiger partial charge in [-0.2, -0.15) is 5.10 Å². The minimum atomic E-state index is -0.296. The highest BCUT2D eigenvalue weighted by atomic mass is 19.1. The summed E-state index contributed by atoms with van der Waals surface area (Å²) in [6, 6.07) is 7.16. The Balaban J connectivity index is 1.90. The lowest BCUT2D eigenvalue weighted by molar-refractivity contribution is 0.312. The molecule has 0 fully saturated rings. The molecule has 126 valence electrons. The predicted octanol–water partition coefficient (Wildman–Crippen LogP) is 3.13. The lowest BCUT2D eigenvalue weighted by Crippen LogP contribution is -2.26. The molecule has 5 nitrogen and oxygen atoms in total. The Kier molecular flexibility index (Phi) is 4.49. The third-order valence-corrected chi connectivity index (χ3v) is 4.14. The van der Waals surface area contributed by atoms with E-state index in [-0.39, 0.29) is 11.9 Å². The Morgan fingerprint density at radius 3 is 2.79 bits per heavy atom. The van der Waals surface area contributed by atoms with Crippen LogP contribution in [0.15, 0.2) is 36.7 Å². The number of benzene rings is 1. The van der Waals surface area contributed by atoms with E-state index in [0.29, 0.717) is 12.1 Å². The number of anilines is 1. The largest absolute Gasteiger partial charge is 0.383 e. The van der Waals surface area contributed by atoms with Crippen molar-refractivity contribution in [1.29, 1.82) is 0 Å². The Hall–Kier alpha value is -2.47. The summed E-state index contributed by atoms with van der Waals surface area (Å²) in [6.07, 6.45) is 3.89. The van der Waals surface area contributed by atoms with Crippen molar-refractivity contribution < 1.29 is 4.39 Å². The summed E-state index contributed by atoms with van der Waals surface area (Å²) in [6.45, 7) is 2.56. The Morgan fingerprint density at radius 2 is 2.12 bits per heavy atom. The predicted molar refractivity (Wildman–Crippen MR) is 94.6 cm³/mol. The van der Waals surface area contributed by atoms with Gasteiger partial charge >= 0.3 is 0 Å². The molecule has 1 aromatic carbocycles. The number of nitrogens with one attached hydrogen (secondary N) is 1. The number of aromatic nitrogens is 3. The first-order chi connectivity index (χ1) is 11.5. The van der Waals surface area contributed by atoms with E-state index in [1.54, 1.807) is 10.7 Å². The Morgan fingerprint density at radius 1 is 1.33 bits per heavy atom. The quantitative estimate of drug-likeness (QED) is 0.782. The van der Waals surface area contributed by atoms with Gasteiger partial charge in [0.15, 0.2) is 0 Å². The fraction of sp³-hybridized carbons (Fsp3) is 0.333. The van der Waals surface area contributed by atoms with Gasteiger partial charge in [-0.1, -0.05) is 12.1 Å². The molecule has 0 amide bonds. The standard InChI is InChI=1S/C18H22FN5/c1-12-8-16(14-6-5-7-15(19)18(14)22-12)20-10-17(23(2)3)13-9-21-24(4)11-13/h5-9,11,17H,10H2,1-4H3,(H,20,22). The van der Waals surface area contributed by atoms with Crippen molar-refractivity contribution >= 4 is 16.6 Å². The third kappa shape index (κ3) is 3.23. The first-order valence-corrected chi connectivity index (χ1v) is 7.90. The smallest absolute Gasteiger partial charge is 0.149 e. The van der Waals surface area contributed by atoms with Crippen LogP contribution < -0.4 is 5.32 Å². The van der Waals surface area contributed by atoms with Crippen molar-refractivity contribution in [3.05, 3.63) is 53.7 Å². The van der Waals surface area contributed by atoms with Crippen molar-refractivity contribution in [1.82, 2.24) is 19.7 Å². The van der Waals surface area contributed by atoms with Crippen LogP contribution in [0.3, 0.4) is 0 Å². The number of halogens is 1. The van der Waals surface area contributed by atoms with E-state index in [0.717, 1.165) is 22.3 Å². The summed E-state index contributed by atoms with van der Waals surface area (Å²) in [4.78, 5) is 6.46. The topological polar surface area (TPSA) is 46.0 Å². The van der Waals surface area contributed by atoms with E-state index in [4.69, 9.17) is 0 Å². The van der Waals surface area contributed by atoms with Crippen LogP contribution in [0.4, 0.5) is 10.1 Å². The first-order valence-electron chi connectivity index (χ1n) is 7.90. The molecule has 0 spiro atoms. The molecule has 3 aromatic rings. The van der Waals surface area contributed by atoms with E-state index in [2.05, 4.69) is 20.3 Å². The van der Waals surface area contributed by atoms with Gasteiger partial charge in [0.1, 0.15) is 11.3 Å². The van der Waals surface area contributed by atoms with Gasteiger partial charge in [0.2, 0.25) is 0 Å². The molecule has 0 aliphatic rings. The van der Waals surface area contributed by atoms with E-state index in [9.17, 15) is 4.39 Å². The molecule has 0 radical (unpaired) electrons. The number of hydrogen-bond acceptors (Lipinski definition) is 4. The van der Waals surface area contributed by atoms with Gasteiger partial charge < -0.3 is 10.2 Å². The molecular formula is C18H22FN5. The number of pyridine rings is 1. The highest BCUT2D eigenvalue weighted by molar-refractivity contribution is 5.91. The van der Waals surface area contributed by atoms with Crippen LogP contribution in [-0.4, -0.2) is 40.3 Å². The van der Waals surface area contributed by atoms with Gasteiger partial charge in [-0.05, 0) is 33.2 Å². The van der Waals surface area contributed by atoms with Gasteiger partial charge in [0.25, 0.3) is 0 Å². The van der Waals surface area contributed by atoms with Crippen molar-refractivity contribution in [2.75, 3.05) is 26.0 Å². The van der Waals surface area contributed by atoms with Gasteiger partial charge in [0.05, 0.1) is 12.2 Å². The second-order valence-corrected chi connectivity index (χ2v) is 6.25. The van der Waals surface area contributed by atoms with Crippen molar-refractivity contribution in [2.45, 2.75) is 13.0 Å². The molecule has 6 heteroatoms. The second-order valence-electron chi connectivity index (χ2n) is 6.25. The first kappa shape index (κ1) is 16.4. The normalized spacial score (nSPS) is 12.8. The Bertz CT molecular complexity index is 856. The number of rotatable bonds is 5. The van der Waals surface area contributed by atoms with Crippen LogP contribution in [-0.2, 0) is 7.05 Å². The third-order valence-electron chi connectivity index (χ3n) is 4.14. The van der Waals surface area contributed by atoms with Crippen LogP contribution in [0.5, 0.6) is 0 Å². The zero-order valence-corrected chi connectivity index (χ0v) is 14.4. The van der Waals surface area contributed by atoms with Crippen LogP contribution in [0.2, 0.25) is 0 Å². The number of likely N-dealkylation sites (N-methyl/N-ethyl adjacent to an activating group) is 1. The molecule has 2 aromatic heterocycles. The lowest BCUT2D eigenvalue weighted by atomic mass is 10.1. The number of fused-ring (bicyclic) bond motifs is 1. The summed E-state index contributed by atoms with van der Waals surface area (Å²) >= 11 is 0. The van der Waals surface area contributed by atoms with E-state index in [1.165, 1.54) is 6.07 Å². The molecule has 0 saturated heterocycles. The minimum Gasteiger partial charge on any atom is -0.383 e. The van der Waals surface area contributed by atoms with Crippen molar-refractivity contribution in [3.8, 4) is 0 Å². The molecule has 1 unspecified atom stereocenters. The van der Waals surface area contributed by atoms with Gasteiger partial charge in [-0.15, -0.1) is 0 Å². The van der Waals surface area contributed by atoms with E-state index >= 15 is 0 Å². The SMILES string of the molecule is Cc1cc(NCC(c2cnn(C)c2)N(C)C)c2cccc(F)c2n1. The molecule has 0 saturated carbocycles. The molecule has 0 bridgehead atoms. The lowest BCUT2D eigenvalue weighted by Gasteiger charge is -2.24. The monoisotopic (exact) mass is 327 g/mol. The summed E-state index contributed by atoms with van der Waals surface area (Å²) in [5.41, 5.74) is 3.23. The molecule has 24 heavy (non-hydrogen) atoms. The zero-order chi connectivity index (χ0) is 17.3. The molecular weight excluding hydrogens is 305 g/mol. The van der Waals surface area contributed by atoms with Crippen molar-refractivity contribution in [2.24, 2.45) is 7.05 Å². The van der Waals surface area contributed by atoms with Crippen LogP contribution >= 0.6 is 0 Å². The molecule has 0 aliphatic heterocycles. The highest BCUT2D eigenvalue weighted by Crippen LogP contribution is 2.26. The number of para-hydroxylation sites is 1. The fourth-order valence-corrected chi connectivity index (χ4v) is 2.91. The Labute approximate surface area is 141 Å². The van der Waals surface area contributed by atoms with Crippen LogP contribution in [0.25, 0.3) is 10.9 Å². The number of aryl methyl sites for hydroxylation is 2. The summed E-state index contributed by atoms with van der Waals surface area (Å²) < 4.78 is 15.8. The summed E-state index contributed by atoms with van der Waals surface area (Å²) in [5.74, 6) is -0.296. The molecule has 0 aliphatic carbocycles. The molecule has 3 rings (SSSR count). The van der Waals surface area contributed by atoms with Crippen LogP contribution in [0.1, 0.15) is 17.3 Å². The van der Waals surface area contributed by atoms with Gasteiger partial charge in [-0.25, -0.2) is 9.37 Å². The highest BCUT2D eigenvalue weighted by Gasteiger charge is 2.16. The van der Waals surface area contributed by atoms with Gasteiger partial charge in [0, 0.05) is 42.1 Å². The molecule has 2 heterocycles. The fourth-order valence-electron chi connectivity index (χ4n) is 2.91. The van der Waals surface area contributed by atoms with E-state index in [1.807, 2.05) is 52.6 Å². The zero-order valence-electron chi connectivity index (χ0n) is 14.4.